The van der Waals surface area contributed by atoms with Crippen LogP contribution in [0.4, 0.5) is 0 Å². The molecular weight excluding hydrogens is 398 g/mol. The summed E-state index contributed by atoms with van der Waals surface area (Å²) in [6.07, 6.45) is 0. The van der Waals surface area contributed by atoms with Crippen molar-refractivity contribution in [1.29, 1.82) is 0 Å². The van der Waals surface area contributed by atoms with Crippen LogP contribution < -0.4 is 15.4 Å². The van der Waals surface area contributed by atoms with Gasteiger partial charge in [-0.3, -0.25) is 4.99 Å². The first-order chi connectivity index (χ1) is 13.4. The van der Waals surface area contributed by atoms with Gasteiger partial charge in [0.15, 0.2) is 5.96 Å². The molecule has 1 aromatic heterocycles. The first-order valence-electron chi connectivity index (χ1n) is 8.80. The van der Waals surface area contributed by atoms with E-state index >= 15 is 0 Å². The van der Waals surface area contributed by atoms with E-state index in [-0.39, 0.29) is 11.4 Å². The van der Waals surface area contributed by atoms with Crippen molar-refractivity contribution in [2.45, 2.75) is 31.8 Å². The molecule has 1 heterocycles. The predicted molar refractivity (Wildman–Crippen MR) is 112 cm³/mol. The molecule has 8 nitrogen and oxygen atoms in total. The van der Waals surface area contributed by atoms with Crippen molar-refractivity contribution in [2.75, 3.05) is 27.3 Å². The fraction of sp³-hybridized carbons (Fsp3) is 0.444. The summed E-state index contributed by atoms with van der Waals surface area (Å²) in [6, 6.07) is 6.80. The van der Waals surface area contributed by atoms with Crippen LogP contribution in [0.2, 0.25) is 0 Å². The van der Waals surface area contributed by atoms with Crippen molar-refractivity contribution in [3.8, 4) is 0 Å². The number of aryl methyl sites for hydroxylation is 2. The van der Waals surface area contributed by atoms with E-state index in [0.29, 0.717) is 25.7 Å². The van der Waals surface area contributed by atoms with Gasteiger partial charge in [-0.05, 0) is 31.5 Å². The molecule has 1 aromatic carbocycles. The molecule has 0 aliphatic heterocycles. The monoisotopic (exact) mass is 425 g/mol. The van der Waals surface area contributed by atoms with Gasteiger partial charge < -0.3 is 15.4 Å². The average molecular weight is 426 g/mol. The molecule has 0 fully saturated rings. The van der Waals surface area contributed by atoms with Crippen molar-refractivity contribution < 1.29 is 13.2 Å². The number of hydrogen-bond donors (Lipinski definition) is 3. The molecule has 0 aliphatic rings. The SMILES string of the molecule is CN=C(NCc1cccc(S(=O)(=O)NCCOC)c1)NCc1sc(C)nc1C. The van der Waals surface area contributed by atoms with Crippen LogP contribution >= 0.6 is 11.3 Å². The third kappa shape index (κ3) is 6.55. The zero-order valence-electron chi connectivity index (χ0n) is 16.6. The minimum absolute atomic E-state index is 0.224. The van der Waals surface area contributed by atoms with E-state index in [4.69, 9.17) is 4.74 Å². The van der Waals surface area contributed by atoms with Gasteiger partial charge in [0, 0.05) is 32.1 Å². The number of nitrogens with one attached hydrogen (secondary N) is 3. The predicted octanol–water partition coefficient (Wildman–Crippen LogP) is 1.55. The molecule has 154 valence electrons. The van der Waals surface area contributed by atoms with Crippen molar-refractivity contribution in [3.05, 3.63) is 45.4 Å². The van der Waals surface area contributed by atoms with Crippen molar-refractivity contribution in [1.82, 2.24) is 20.3 Å². The summed E-state index contributed by atoms with van der Waals surface area (Å²) in [4.78, 5) is 10.0. The summed E-state index contributed by atoms with van der Waals surface area (Å²) >= 11 is 1.66. The molecule has 0 saturated heterocycles. The van der Waals surface area contributed by atoms with E-state index in [2.05, 4.69) is 25.3 Å². The van der Waals surface area contributed by atoms with Crippen LogP contribution in [-0.4, -0.2) is 46.7 Å². The van der Waals surface area contributed by atoms with E-state index in [1.165, 1.54) is 7.11 Å². The van der Waals surface area contributed by atoms with E-state index in [0.717, 1.165) is 21.1 Å². The van der Waals surface area contributed by atoms with Crippen LogP contribution in [0.15, 0.2) is 34.2 Å². The molecule has 0 bridgehead atoms. The summed E-state index contributed by atoms with van der Waals surface area (Å²) in [5, 5.41) is 7.49. The lowest BCUT2D eigenvalue weighted by Gasteiger charge is -2.12. The van der Waals surface area contributed by atoms with Gasteiger partial charge in [0.1, 0.15) is 0 Å². The van der Waals surface area contributed by atoms with Gasteiger partial charge in [0.25, 0.3) is 0 Å². The lowest BCUT2D eigenvalue weighted by atomic mass is 10.2. The second-order valence-corrected chi connectivity index (χ2v) is 9.11. The van der Waals surface area contributed by atoms with Crippen LogP contribution in [0.1, 0.15) is 21.1 Å². The number of aliphatic imine (C=N–C) groups is 1. The molecule has 0 unspecified atom stereocenters. The van der Waals surface area contributed by atoms with E-state index in [1.807, 2.05) is 19.9 Å². The molecule has 2 rings (SSSR count). The minimum Gasteiger partial charge on any atom is -0.383 e. The smallest absolute Gasteiger partial charge is 0.240 e. The Morgan fingerprint density at radius 2 is 2.00 bits per heavy atom. The quantitative estimate of drug-likeness (QED) is 0.320. The zero-order valence-corrected chi connectivity index (χ0v) is 18.2. The Labute approximate surface area is 170 Å². The lowest BCUT2D eigenvalue weighted by molar-refractivity contribution is 0.204. The van der Waals surface area contributed by atoms with Crippen molar-refractivity contribution in [2.24, 2.45) is 4.99 Å². The van der Waals surface area contributed by atoms with Gasteiger partial charge in [-0.1, -0.05) is 12.1 Å². The maximum absolute atomic E-state index is 12.3. The lowest BCUT2D eigenvalue weighted by Crippen LogP contribution is -2.36. The fourth-order valence-corrected chi connectivity index (χ4v) is 4.45. The highest BCUT2D eigenvalue weighted by Gasteiger charge is 2.13. The molecule has 2 aromatic rings. The van der Waals surface area contributed by atoms with Gasteiger partial charge in [0.2, 0.25) is 10.0 Å². The van der Waals surface area contributed by atoms with E-state index < -0.39 is 10.0 Å². The van der Waals surface area contributed by atoms with Crippen LogP contribution in [0.25, 0.3) is 0 Å². The number of rotatable bonds is 9. The number of aromatic nitrogens is 1. The molecular formula is C18H27N5O3S2. The molecule has 0 radical (unpaired) electrons. The second-order valence-electron chi connectivity index (χ2n) is 6.06. The van der Waals surface area contributed by atoms with Crippen LogP contribution in [0.3, 0.4) is 0 Å². The Hall–Kier alpha value is -2.01. The Kier molecular flexibility index (Phi) is 8.36. The summed E-state index contributed by atoms with van der Waals surface area (Å²) in [5.74, 6) is 0.636. The Balaban J connectivity index is 1.94. The minimum atomic E-state index is -3.56. The van der Waals surface area contributed by atoms with Gasteiger partial charge in [0.05, 0.1) is 28.7 Å². The number of hydrogen-bond acceptors (Lipinski definition) is 6. The molecule has 0 atom stereocenters. The molecule has 3 N–H and O–H groups in total. The maximum Gasteiger partial charge on any atom is 0.240 e. The third-order valence-electron chi connectivity index (χ3n) is 3.91. The van der Waals surface area contributed by atoms with E-state index in [9.17, 15) is 8.42 Å². The van der Waals surface area contributed by atoms with Crippen molar-refractivity contribution in [3.63, 3.8) is 0 Å². The molecule has 0 spiro atoms. The summed E-state index contributed by atoms with van der Waals surface area (Å²) in [6.45, 7) is 5.61. The van der Waals surface area contributed by atoms with Crippen LogP contribution in [-0.2, 0) is 27.8 Å². The summed E-state index contributed by atoms with van der Waals surface area (Å²) in [7, 11) is -0.335. The first-order valence-corrected chi connectivity index (χ1v) is 11.1. The standard InChI is InChI=1S/C18H27N5O3S2/c1-13-17(27-14(2)23-13)12-21-18(19-3)20-11-15-6-5-7-16(10-15)28(24,25)22-8-9-26-4/h5-7,10,22H,8-9,11-12H2,1-4H3,(H2,19,20,21). The molecule has 10 heteroatoms. The van der Waals surface area contributed by atoms with Gasteiger partial charge in [-0.2, -0.15) is 0 Å². The second kappa shape index (κ2) is 10.5. The highest BCUT2D eigenvalue weighted by molar-refractivity contribution is 7.89. The molecule has 0 amide bonds. The third-order valence-corrected chi connectivity index (χ3v) is 6.44. The number of nitrogens with zero attached hydrogens (tertiary/aromatic N) is 2. The van der Waals surface area contributed by atoms with Crippen LogP contribution in [0, 0.1) is 13.8 Å². The average Bonchev–Trinajstić information content (AvgIpc) is 2.99. The number of thiazole rings is 1. The normalized spacial score (nSPS) is 12.2. The first kappa shape index (κ1) is 22.3. The fourth-order valence-electron chi connectivity index (χ4n) is 2.49. The van der Waals surface area contributed by atoms with Gasteiger partial charge >= 0.3 is 0 Å². The number of ether oxygens (including phenoxy) is 1. The molecule has 28 heavy (non-hydrogen) atoms. The molecule has 0 saturated carbocycles. The zero-order chi connectivity index (χ0) is 20.6. The number of benzene rings is 1. The Bertz CT molecular complexity index is 910. The highest BCUT2D eigenvalue weighted by Crippen LogP contribution is 2.16. The van der Waals surface area contributed by atoms with Gasteiger partial charge in [-0.15, -0.1) is 11.3 Å². The number of guanidine groups is 1. The summed E-state index contributed by atoms with van der Waals surface area (Å²) in [5.41, 5.74) is 1.85. The van der Waals surface area contributed by atoms with E-state index in [1.54, 1.807) is 36.6 Å². The highest BCUT2D eigenvalue weighted by atomic mass is 32.2. The molecule has 0 aliphatic carbocycles. The topological polar surface area (TPSA) is 105 Å². The number of sulfonamides is 1. The largest absolute Gasteiger partial charge is 0.383 e. The van der Waals surface area contributed by atoms with Crippen LogP contribution in [0.5, 0.6) is 0 Å². The Morgan fingerprint density at radius 1 is 1.25 bits per heavy atom. The summed E-state index contributed by atoms with van der Waals surface area (Å²) < 4.78 is 32.0. The maximum atomic E-state index is 12.3. The Morgan fingerprint density at radius 3 is 2.64 bits per heavy atom. The van der Waals surface area contributed by atoms with Gasteiger partial charge in [-0.25, -0.2) is 18.1 Å². The van der Waals surface area contributed by atoms with Crippen molar-refractivity contribution >= 4 is 27.3 Å². The number of methoxy groups -OCH3 is 1.